The minimum absolute atomic E-state index is 0.0744. The standard InChI is InChI=1S/C16H17BrFNO/c1-3-15(13-8-11(17)5-7-16(13)20)19-12-6-4-10(2)14(18)9-12/h4-9,15,19-20H,3H2,1-2H3. The first-order valence-electron chi connectivity index (χ1n) is 6.52. The third-order valence-electron chi connectivity index (χ3n) is 3.29. The molecule has 2 rings (SSSR count). The molecule has 0 aromatic heterocycles. The van der Waals surface area contributed by atoms with Crippen molar-refractivity contribution in [3.8, 4) is 5.75 Å². The molecule has 0 aliphatic rings. The van der Waals surface area contributed by atoms with Gasteiger partial charge in [-0.25, -0.2) is 4.39 Å². The molecule has 0 bridgehead atoms. The largest absolute Gasteiger partial charge is 0.508 e. The van der Waals surface area contributed by atoms with E-state index in [4.69, 9.17) is 0 Å². The number of halogens is 2. The Bertz CT molecular complexity index is 615. The van der Waals surface area contributed by atoms with Gasteiger partial charge >= 0.3 is 0 Å². The molecule has 2 aromatic carbocycles. The zero-order valence-corrected chi connectivity index (χ0v) is 13.0. The number of phenols is 1. The summed E-state index contributed by atoms with van der Waals surface area (Å²) in [7, 11) is 0. The number of nitrogens with one attached hydrogen (secondary N) is 1. The topological polar surface area (TPSA) is 32.3 Å². The molecule has 0 fully saturated rings. The molecule has 0 heterocycles. The first-order valence-corrected chi connectivity index (χ1v) is 7.31. The minimum Gasteiger partial charge on any atom is -0.508 e. The summed E-state index contributed by atoms with van der Waals surface area (Å²) in [5.41, 5.74) is 2.12. The number of benzene rings is 2. The molecule has 1 unspecified atom stereocenters. The maximum absolute atomic E-state index is 13.6. The van der Waals surface area contributed by atoms with Crippen molar-refractivity contribution in [1.29, 1.82) is 0 Å². The summed E-state index contributed by atoms with van der Waals surface area (Å²) < 4.78 is 14.5. The lowest BCUT2D eigenvalue weighted by atomic mass is 10.0. The summed E-state index contributed by atoms with van der Waals surface area (Å²) in [6.45, 7) is 3.75. The zero-order valence-electron chi connectivity index (χ0n) is 11.5. The van der Waals surface area contributed by atoms with Crippen LogP contribution in [0.15, 0.2) is 40.9 Å². The fourth-order valence-electron chi connectivity index (χ4n) is 2.09. The first-order chi connectivity index (χ1) is 9.51. The molecular weight excluding hydrogens is 321 g/mol. The Morgan fingerprint density at radius 1 is 1.25 bits per heavy atom. The molecule has 0 aliphatic carbocycles. The fourth-order valence-corrected chi connectivity index (χ4v) is 2.47. The van der Waals surface area contributed by atoms with Crippen molar-refractivity contribution in [2.24, 2.45) is 0 Å². The van der Waals surface area contributed by atoms with Crippen LogP contribution in [-0.2, 0) is 0 Å². The van der Waals surface area contributed by atoms with E-state index in [1.165, 1.54) is 6.07 Å². The molecule has 4 heteroatoms. The SMILES string of the molecule is CCC(Nc1ccc(C)c(F)c1)c1cc(Br)ccc1O. The van der Waals surface area contributed by atoms with Crippen LogP contribution in [0.25, 0.3) is 0 Å². The highest BCUT2D eigenvalue weighted by Gasteiger charge is 2.14. The van der Waals surface area contributed by atoms with Crippen molar-refractivity contribution >= 4 is 21.6 Å². The van der Waals surface area contributed by atoms with Crippen LogP contribution < -0.4 is 5.32 Å². The van der Waals surface area contributed by atoms with Crippen LogP contribution in [0.3, 0.4) is 0 Å². The van der Waals surface area contributed by atoms with Gasteiger partial charge in [0.25, 0.3) is 0 Å². The van der Waals surface area contributed by atoms with E-state index >= 15 is 0 Å². The summed E-state index contributed by atoms with van der Waals surface area (Å²) in [4.78, 5) is 0. The molecule has 1 atom stereocenters. The van der Waals surface area contributed by atoms with Gasteiger partial charge in [0, 0.05) is 15.7 Å². The Morgan fingerprint density at radius 3 is 2.65 bits per heavy atom. The molecule has 0 saturated heterocycles. The summed E-state index contributed by atoms with van der Waals surface area (Å²) in [5.74, 6) is 0.00320. The van der Waals surface area contributed by atoms with Gasteiger partial charge in [-0.15, -0.1) is 0 Å². The van der Waals surface area contributed by atoms with Crippen LogP contribution in [0.5, 0.6) is 5.75 Å². The van der Waals surface area contributed by atoms with Crippen molar-refractivity contribution < 1.29 is 9.50 Å². The molecule has 0 radical (unpaired) electrons. The fraction of sp³-hybridized carbons (Fsp3) is 0.250. The lowest BCUT2D eigenvalue weighted by Crippen LogP contribution is -2.10. The van der Waals surface area contributed by atoms with Gasteiger partial charge < -0.3 is 10.4 Å². The normalized spacial score (nSPS) is 12.2. The second kappa shape index (κ2) is 6.27. The van der Waals surface area contributed by atoms with E-state index in [0.29, 0.717) is 11.3 Å². The zero-order chi connectivity index (χ0) is 14.7. The molecule has 2 nitrogen and oxygen atoms in total. The highest BCUT2D eigenvalue weighted by atomic mass is 79.9. The Labute approximate surface area is 126 Å². The number of rotatable bonds is 4. The van der Waals surface area contributed by atoms with Gasteiger partial charge in [-0.2, -0.15) is 0 Å². The Hall–Kier alpha value is -1.55. The van der Waals surface area contributed by atoms with Gasteiger partial charge in [0.05, 0.1) is 6.04 Å². The van der Waals surface area contributed by atoms with Crippen molar-refractivity contribution in [3.05, 3.63) is 57.8 Å². The Balaban J connectivity index is 2.28. The second-order valence-electron chi connectivity index (χ2n) is 4.77. The van der Waals surface area contributed by atoms with Gasteiger partial charge in [0.15, 0.2) is 0 Å². The van der Waals surface area contributed by atoms with E-state index in [-0.39, 0.29) is 17.6 Å². The first kappa shape index (κ1) is 14.9. The lowest BCUT2D eigenvalue weighted by Gasteiger charge is -2.20. The van der Waals surface area contributed by atoms with Crippen LogP contribution in [0.4, 0.5) is 10.1 Å². The quantitative estimate of drug-likeness (QED) is 0.806. The second-order valence-corrected chi connectivity index (χ2v) is 5.69. The summed E-state index contributed by atoms with van der Waals surface area (Å²) >= 11 is 3.40. The van der Waals surface area contributed by atoms with E-state index in [1.54, 1.807) is 25.1 Å². The maximum Gasteiger partial charge on any atom is 0.128 e. The molecule has 106 valence electrons. The number of aromatic hydroxyl groups is 1. The number of hydrogen-bond acceptors (Lipinski definition) is 2. The molecule has 0 amide bonds. The third kappa shape index (κ3) is 3.31. The van der Waals surface area contributed by atoms with Crippen molar-refractivity contribution in [3.63, 3.8) is 0 Å². The average molecular weight is 338 g/mol. The van der Waals surface area contributed by atoms with E-state index in [2.05, 4.69) is 21.2 Å². The van der Waals surface area contributed by atoms with Gasteiger partial charge in [-0.3, -0.25) is 0 Å². The smallest absolute Gasteiger partial charge is 0.128 e. The Morgan fingerprint density at radius 2 is 2.00 bits per heavy atom. The highest BCUT2D eigenvalue weighted by molar-refractivity contribution is 9.10. The minimum atomic E-state index is -0.233. The van der Waals surface area contributed by atoms with Gasteiger partial charge in [0.2, 0.25) is 0 Å². The van der Waals surface area contributed by atoms with Crippen LogP contribution in [-0.4, -0.2) is 5.11 Å². The average Bonchev–Trinajstić information content (AvgIpc) is 2.43. The van der Waals surface area contributed by atoms with E-state index < -0.39 is 0 Å². The number of anilines is 1. The van der Waals surface area contributed by atoms with Crippen molar-refractivity contribution in [2.45, 2.75) is 26.3 Å². The lowest BCUT2D eigenvalue weighted by molar-refractivity contribution is 0.462. The number of phenolic OH excluding ortho intramolecular Hbond substituents is 1. The van der Waals surface area contributed by atoms with Gasteiger partial charge in [0.1, 0.15) is 11.6 Å². The monoisotopic (exact) mass is 337 g/mol. The van der Waals surface area contributed by atoms with Gasteiger partial charge in [-0.1, -0.05) is 28.9 Å². The maximum atomic E-state index is 13.6. The molecule has 0 aliphatic heterocycles. The number of hydrogen-bond donors (Lipinski definition) is 2. The number of aryl methyl sites for hydroxylation is 1. The van der Waals surface area contributed by atoms with E-state index in [0.717, 1.165) is 16.5 Å². The molecule has 0 saturated carbocycles. The van der Waals surface area contributed by atoms with Gasteiger partial charge in [-0.05, 0) is 49.2 Å². The van der Waals surface area contributed by atoms with Crippen LogP contribution in [0.1, 0.15) is 30.5 Å². The van der Waals surface area contributed by atoms with Crippen LogP contribution in [0, 0.1) is 12.7 Å². The Kier molecular flexibility index (Phi) is 4.65. The molecular formula is C16H17BrFNO. The summed E-state index contributed by atoms with van der Waals surface area (Å²) in [6, 6.07) is 10.3. The van der Waals surface area contributed by atoms with E-state index in [1.807, 2.05) is 19.1 Å². The molecule has 2 aromatic rings. The predicted octanol–water partition coefficient (Wildman–Crippen LogP) is 5.17. The van der Waals surface area contributed by atoms with Crippen LogP contribution >= 0.6 is 15.9 Å². The van der Waals surface area contributed by atoms with Crippen LogP contribution in [0.2, 0.25) is 0 Å². The summed E-state index contributed by atoms with van der Waals surface area (Å²) in [6.07, 6.45) is 0.777. The molecule has 2 N–H and O–H groups in total. The predicted molar refractivity (Wildman–Crippen MR) is 83.6 cm³/mol. The molecule has 0 spiro atoms. The molecule has 20 heavy (non-hydrogen) atoms. The van der Waals surface area contributed by atoms with Crippen molar-refractivity contribution in [1.82, 2.24) is 0 Å². The highest BCUT2D eigenvalue weighted by Crippen LogP contribution is 2.32. The van der Waals surface area contributed by atoms with E-state index in [9.17, 15) is 9.50 Å². The summed E-state index contributed by atoms with van der Waals surface area (Å²) in [5, 5.41) is 13.2. The van der Waals surface area contributed by atoms with Crippen molar-refractivity contribution in [2.75, 3.05) is 5.32 Å². The third-order valence-corrected chi connectivity index (χ3v) is 3.78.